The second-order valence-corrected chi connectivity index (χ2v) is 5.88. The van der Waals surface area contributed by atoms with Gasteiger partial charge in [-0.15, -0.1) is 0 Å². The Morgan fingerprint density at radius 2 is 1.87 bits per heavy atom. The van der Waals surface area contributed by atoms with E-state index in [9.17, 15) is 29.0 Å². The van der Waals surface area contributed by atoms with Crippen LogP contribution in [0.1, 0.15) is 31.9 Å². The number of benzene rings is 1. The number of fused-ring (bicyclic) bond motifs is 1. The van der Waals surface area contributed by atoms with Crippen molar-refractivity contribution in [3.05, 3.63) is 34.6 Å². The Labute approximate surface area is 131 Å². The van der Waals surface area contributed by atoms with Gasteiger partial charge in [0.1, 0.15) is 17.1 Å². The second-order valence-electron chi connectivity index (χ2n) is 5.88. The summed E-state index contributed by atoms with van der Waals surface area (Å²) in [5.74, 6) is -4.37. The number of halogens is 1. The smallest absolute Gasteiger partial charge is 0.259 e. The molecule has 0 heterocycles. The number of hydrogen-bond donors (Lipinski definition) is 3. The molecule has 1 aromatic carbocycles. The minimum Gasteiger partial charge on any atom is -0.506 e. The molecule has 0 bridgehead atoms. The molecule has 0 saturated heterocycles. The van der Waals surface area contributed by atoms with Crippen molar-refractivity contribution in [1.82, 2.24) is 5.32 Å². The normalized spacial score (nSPS) is 16.1. The van der Waals surface area contributed by atoms with E-state index < -0.39 is 40.0 Å². The van der Waals surface area contributed by atoms with Gasteiger partial charge in [0.05, 0.1) is 12.0 Å². The fourth-order valence-electron chi connectivity index (χ4n) is 2.55. The number of nitrogens with one attached hydrogen (secondary N) is 1. The van der Waals surface area contributed by atoms with E-state index in [0.29, 0.717) is 0 Å². The van der Waals surface area contributed by atoms with Crippen molar-refractivity contribution in [2.75, 3.05) is 6.54 Å². The minimum atomic E-state index is -1.46. The van der Waals surface area contributed by atoms with Gasteiger partial charge in [-0.3, -0.25) is 14.4 Å². The zero-order valence-electron chi connectivity index (χ0n) is 12.9. The van der Waals surface area contributed by atoms with Crippen LogP contribution in [0.15, 0.2) is 17.7 Å². The van der Waals surface area contributed by atoms with Crippen LogP contribution in [0.5, 0.6) is 5.75 Å². The molecule has 0 saturated carbocycles. The molecule has 1 amide bonds. The number of amides is 1. The van der Waals surface area contributed by atoms with E-state index in [1.807, 2.05) is 0 Å². The van der Waals surface area contributed by atoms with Gasteiger partial charge >= 0.3 is 0 Å². The predicted molar refractivity (Wildman–Crippen MR) is 79.3 cm³/mol. The summed E-state index contributed by atoms with van der Waals surface area (Å²) in [4.78, 5) is 35.6. The molecule has 0 spiro atoms. The second kappa shape index (κ2) is 5.49. The monoisotopic (exact) mass is 321 g/mol. The molecule has 0 fully saturated rings. The van der Waals surface area contributed by atoms with Crippen molar-refractivity contribution in [2.45, 2.75) is 26.2 Å². The Kier molecular flexibility index (Phi) is 3.98. The van der Waals surface area contributed by atoms with Gasteiger partial charge in [-0.2, -0.15) is 0 Å². The molecule has 23 heavy (non-hydrogen) atoms. The Morgan fingerprint density at radius 1 is 1.26 bits per heavy atom. The molecule has 0 aliphatic heterocycles. The van der Waals surface area contributed by atoms with E-state index in [2.05, 4.69) is 5.32 Å². The summed E-state index contributed by atoms with van der Waals surface area (Å²) in [6, 6.07) is 2.26. The number of carbonyl (C=O) groups is 3. The van der Waals surface area contributed by atoms with Crippen LogP contribution in [0.3, 0.4) is 0 Å². The van der Waals surface area contributed by atoms with Crippen LogP contribution in [0.4, 0.5) is 4.39 Å². The fourth-order valence-corrected chi connectivity index (χ4v) is 2.55. The van der Waals surface area contributed by atoms with Gasteiger partial charge in [0.2, 0.25) is 0 Å². The third kappa shape index (κ3) is 2.58. The number of carbonyl (C=O) groups excluding carboxylic acids is 3. The third-order valence-corrected chi connectivity index (χ3v) is 3.76. The van der Waals surface area contributed by atoms with Crippen LogP contribution in [0, 0.1) is 5.82 Å². The predicted octanol–water partition coefficient (Wildman–Crippen LogP) is 1.37. The van der Waals surface area contributed by atoms with Crippen LogP contribution in [0.2, 0.25) is 0 Å². The lowest BCUT2D eigenvalue weighted by molar-refractivity contribution is -0.126. The number of Topliss-reactive ketones (excluding diaryl/α,β-unsaturated/α-hetero) is 2. The molecule has 3 N–H and O–H groups in total. The Hall–Kier alpha value is -2.70. The minimum absolute atomic E-state index is 0.0436. The molecule has 0 atom stereocenters. The molecule has 0 radical (unpaired) electrons. The maximum atomic E-state index is 14.2. The number of phenols is 1. The van der Waals surface area contributed by atoms with Crippen molar-refractivity contribution >= 4 is 23.2 Å². The Bertz CT molecular complexity index is 764. The first-order chi connectivity index (χ1) is 10.6. The van der Waals surface area contributed by atoms with E-state index in [-0.39, 0.29) is 23.5 Å². The average molecular weight is 321 g/mol. The van der Waals surface area contributed by atoms with Gasteiger partial charge in [0, 0.05) is 11.1 Å². The first kappa shape index (κ1) is 16.7. The van der Waals surface area contributed by atoms with Gasteiger partial charge in [-0.1, -0.05) is 0 Å². The summed E-state index contributed by atoms with van der Waals surface area (Å²) in [7, 11) is 0. The SMILES string of the molecule is CC(=O)CNC(=O)C1=C(O)c2ccc(O)c(F)c2C(C)(C)C1=O. The molecular formula is C16H16FNO5. The van der Waals surface area contributed by atoms with Gasteiger partial charge in [-0.25, -0.2) is 4.39 Å². The molecule has 0 unspecified atom stereocenters. The zero-order chi connectivity index (χ0) is 17.5. The summed E-state index contributed by atoms with van der Waals surface area (Å²) in [5, 5.41) is 22.0. The van der Waals surface area contributed by atoms with Gasteiger partial charge in [0.25, 0.3) is 5.91 Å². The first-order valence-corrected chi connectivity index (χ1v) is 6.87. The van der Waals surface area contributed by atoms with Gasteiger partial charge in [-0.05, 0) is 32.9 Å². The van der Waals surface area contributed by atoms with E-state index >= 15 is 0 Å². The summed E-state index contributed by atoms with van der Waals surface area (Å²) in [6.45, 7) is 3.75. The van der Waals surface area contributed by atoms with Crippen molar-refractivity contribution in [3.8, 4) is 5.75 Å². The molecule has 7 heteroatoms. The largest absolute Gasteiger partial charge is 0.506 e. The van der Waals surface area contributed by atoms with Crippen LogP contribution in [0.25, 0.3) is 5.76 Å². The summed E-state index contributed by atoms with van der Waals surface area (Å²) < 4.78 is 14.2. The first-order valence-electron chi connectivity index (χ1n) is 6.87. The maximum Gasteiger partial charge on any atom is 0.259 e. The molecule has 0 aromatic heterocycles. The lowest BCUT2D eigenvalue weighted by Crippen LogP contribution is -2.42. The highest BCUT2D eigenvalue weighted by Gasteiger charge is 2.45. The van der Waals surface area contributed by atoms with E-state index in [1.165, 1.54) is 26.8 Å². The van der Waals surface area contributed by atoms with Crippen molar-refractivity contribution < 1.29 is 29.0 Å². The van der Waals surface area contributed by atoms with Gasteiger partial charge < -0.3 is 15.5 Å². The topological polar surface area (TPSA) is 104 Å². The lowest BCUT2D eigenvalue weighted by Gasteiger charge is -2.32. The highest BCUT2D eigenvalue weighted by Crippen LogP contribution is 2.42. The molecule has 1 aliphatic rings. The summed E-state index contributed by atoms with van der Waals surface area (Å²) in [6.07, 6.45) is 0. The fraction of sp³-hybridized carbons (Fsp3) is 0.312. The number of aliphatic hydroxyl groups excluding tert-OH is 1. The number of aromatic hydroxyl groups is 1. The van der Waals surface area contributed by atoms with Crippen LogP contribution >= 0.6 is 0 Å². The zero-order valence-corrected chi connectivity index (χ0v) is 12.9. The highest BCUT2D eigenvalue weighted by atomic mass is 19.1. The van der Waals surface area contributed by atoms with Crippen LogP contribution < -0.4 is 5.32 Å². The lowest BCUT2D eigenvalue weighted by atomic mass is 9.70. The number of aliphatic hydroxyl groups is 1. The molecule has 122 valence electrons. The average Bonchev–Trinajstić information content (AvgIpc) is 2.46. The molecule has 6 nitrogen and oxygen atoms in total. The molecule has 2 rings (SSSR count). The van der Waals surface area contributed by atoms with E-state index in [0.717, 1.165) is 6.07 Å². The summed E-state index contributed by atoms with van der Waals surface area (Å²) >= 11 is 0. The molecule has 1 aromatic rings. The van der Waals surface area contributed by atoms with Crippen molar-refractivity contribution in [3.63, 3.8) is 0 Å². The molecular weight excluding hydrogens is 305 g/mol. The third-order valence-electron chi connectivity index (χ3n) is 3.76. The quantitative estimate of drug-likeness (QED) is 0.729. The van der Waals surface area contributed by atoms with Crippen molar-refractivity contribution in [1.29, 1.82) is 0 Å². The maximum absolute atomic E-state index is 14.2. The number of hydrogen-bond acceptors (Lipinski definition) is 5. The Balaban J connectivity index is 2.64. The summed E-state index contributed by atoms with van der Waals surface area (Å²) in [5.41, 5.74) is -2.22. The molecule has 1 aliphatic carbocycles. The van der Waals surface area contributed by atoms with Gasteiger partial charge in [0.15, 0.2) is 17.3 Å². The van der Waals surface area contributed by atoms with Crippen LogP contribution in [-0.2, 0) is 19.8 Å². The number of rotatable bonds is 3. The number of ketones is 2. The van der Waals surface area contributed by atoms with Crippen LogP contribution in [-0.4, -0.2) is 34.2 Å². The Morgan fingerprint density at radius 3 is 2.43 bits per heavy atom. The number of phenolic OH excluding ortho intramolecular Hbond substituents is 1. The van der Waals surface area contributed by atoms with E-state index in [1.54, 1.807) is 0 Å². The van der Waals surface area contributed by atoms with Crippen molar-refractivity contribution in [2.24, 2.45) is 0 Å². The highest BCUT2D eigenvalue weighted by molar-refractivity contribution is 6.28. The van der Waals surface area contributed by atoms with E-state index in [4.69, 9.17) is 0 Å². The standard InChI is InChI=1S/C16H16FNO5/c1-7(19)6-18-15(23)10-13(21)8-4-5-9(20)12(17)11(8)16(2,3)14(10)22/h4-5,20-21H,6H2,1-3H3,(H,18,23).